The molecule has 114 valence electrons. The molecule has 0 saturated carbocycles. The number of fused-ring (bicyclic) bond motifs is 1. The lowest BCUT2D eigenvalue weighted by Crippen LogP contribution is -2.12. The van der Waals surface area contributed by atoms with Crippen LogP contribution in [0.4, 0.5) is 5.69 Å². The third kappa shape index (κ3) is 3.70. The number of rotatable bonds is 5. The van der Waals surface area contributed by atoms with E-state index in [9.17, 15) is 4.79 Å². The van der Waals surface area contributed by atoms with Gasteiger partial charge in [0.05, 0.1) is 27.5 Å². The third-order valence-electron chi connectivity index (χ3n) is 3.20. The molecule has 3 rings (SSSR count). The number of benzene rings is 2. The fraction of sp³-hybridized carbons (Fsp3) is 0.118. The molecule has 23 heavy (non-hydrogen) atoms. The van der Waals surface area contributed by atoms with E-state index in [1.807, 2.05) is 36.4 Å². The average molecular weight is 339 g/mol. The number of nitrogens with zero attached hydrogens (tertiary/aromatic N) is 2. The first-order valence-corrected chi connectivity index (χ1v) is 8.88. The number of thiazole rings is 1. The number of aromatic nitrogens is 1. The van der Waals surface area contributed by atoms with E-state index in [1.54, 1.807) is 23.3 Å². The minimum absolute atomic E-state index is 0.145. The summed E-state index contributed by atoms with van der Waals surface area (Å²) in [6, 6.07) is 15.2. The van der Waals surface area contributed by atoms with Crippen molar-refractivity contribution in [2.75, 3.05) is 11.1 Å². The summed E-state index contributed by atoms with van der Waals surface area (Å²) >= 11 is 3.08. The van der Waals surface area contributed by atoms with E-state index < -0.39 is 0 Å². The van der Waals surface area contributed by atoms with Crippen molar-refractivity contribution in [3.8, 4) is 6.07 Å². The summed E-state index contributed by atoms with van der Waals surface area (Å²) in [6.45, 7) is 0. The van der Waals surface area contributed by atoms with Gasteiger partial charge >= 0.3 is 0 Å². The minimum atomic E-state index is -0.145. The predicted molar refractivity (Wildman–Crippen MR) is 95.0 cm³/mol. The summed E-state index contributed by atoms with van der Waals surface area (Å²) in [5, 5.41) is 11.6. The van der Waals surface area contributed by atoms with Crippen LogP contribution in [0.3, 0.4) is 0 Å². The molecule has 1 heterocycles. The van der Waals surface area contributed by atoms with Crippen LogP contribution in [0.5, 0.6) is 0 Å². The Bertz CT molecular complexity index is 883. The second-order valence-corrected chi connectivity index (χ2v) is 6.76. The molecular formula is C17H13N3OS2. The van der Waals surface area contributed by atoms with Crippen molar-refractivity contribution < 1.29 is 4.79 Å². The van der Waals surface area contributed by atoms with Gasteiger partial charge in [-0.15, -0.1) is 23.1 Å². The van der Waals surface area contributed by atoms with Gasteiger partial charge in [0, 0.05) is 22.6 Å². The number of para-hydroxylation sites is 1. The molecule has 2 aromatic carbocycles. The van der Waals surface area contributed by atoms with Crippen LogP contribution in [-0.4, -0.2) is 16.6 Å². The van der Waals surface area contributed by atoms with Gasteiger partial charge in [0.25, 0.3) is 5.91 Å². The fourth-order valence-corrected chi connectivity index (χ4v) is 3.67. The van der Waals surface area contributed by atoms with Crippen LogP contribution in [0, 0.1) is 11.3 Å². The summed E-state index contributed by atoms with van der Waals surface area (Å²) in [6.07, 6.45) is 0.481. The molecule has 0 saturated heterocycles. The van der Waals surface area contributed by atoms with E-state index >= 15 is 0 Å². The molecule has 0 aliphatic rings. The van der Waals surface area contributed by atoms with E-state index in [1.165, 1.54) is 11.3 Å². The van der Waals surface area contributed by atoms with Gasteiger partial charge in [0.15, 0.2) is 0 Å². The number of nitrogens with one attached hydrogen (secondary N) is 1. The van der Waals surface area contributed by atoms with E-state index in [0.717, 1.165) is 20.8 Å². The first kappa shape index (κ1) is 15.5. The second-order valence-electron chi connectivity index (χ2n) is 4.74. The maximum Gasteiger partial charge on any atom is 0.255 e. The van der Waals surface area contributed by atoms with Gasteiger partial charge in [-0.1, -0.05) is 12.1 Å². The van der Waals surface area contributed by atoms with Crippen molar-refractivity contribution in [2.45, 2.75) is 11.3 Å². The van der Waals surface area contributed by atoms with Crippen molar-refractivity contribution in [2.24, 2.45) is 0 Å². The number of carbonyl (C=O) groups excluding carboxylic acids is 1. The summed E-state index contributed by atoms with van der Waals surface area (Å²) in [5.41, 5.74) is 4.05. The number of thioether (sulfide) groups is 1. The molecule has 1 amide bonds. The quantitative estimate of drug-likeness (QED) is 0.547. The van der Waals surface area contributed by atoms with Crippen molar-refractivity contribution >= 4 is 44.9 Å². The zero-order chi connectivity index (χ0) is 16.1. The third-order valence-corrected chi connectivity index (χ3v) is 5.07. The van der Waals surface area contributed by atoms with Crippen molar-refractivity contribution in [1.29, 1.82) is 5.26 Å². The van der Waals surface area contributed by atoms with E-state index in [4.69, 9.17) is 5.26 Å². The van der Waals surface area contributed by atoms with E-state index in [-0.39, 0.29) is 5.91 Å². The monoisotopic (exact) mass is 339 g/mol. The van der Waals surface area contributed by atoms with Gasteiger partial charge in [-0.2, -0.15) is 5.26 Å². The van der Waals surface area contributed by atoms with Gasteiger partial charge in [-0.3, -0.25) is 4.79 Å². The number of hydrogen-bond donors (Lipinski definition) is 1. The summed E-state index contributed by atoms with van der Waals surface area (Å²) in [4.78, 5) is 17.7. The van der Waals surface area contributed by atoms with E-state index in [2.05, 4.69) is 16.4 Å². The molecule has 3 aromatic rings. The largest absolute Gasteiger partial charge is 0.321 e. The molecule has 6 heteroatoms. The van der Waals surface area contributed by atoms with Crippen LogP contribution in [0.25, 0.3) is 10.2 Å². The van der Waals surface area contributed by atoms with Gasteiger partial charge in [-0.25, -0.2) is 4.98 Å². The highest BCUT2D eigenvalue weighted by Crippen LogP contribution is 2.28. The Morgan fingerprint density at radius 2 is 2.17 bits per heavy atom. The van der Waals surface area contributed by atoms with Crippen molar-refractivity contribution in [1.82, 2.24) is 4.98 Å². The van der Waals surface area contributed by atoms with Crippen LogP contribution in [-0.2, 0) is 0 Å². The molecular weight excluding hydrogens is 326 g/mol. The molecule has 0 spiro atoms. The van der Waals surface area contributed by atoms with Crippen molar-refractivity contribution in [3.63, 3.8) is 0 Å². The molecule has 0 fully saturated rings. The maximum atomic E-state index is 12.5. The highest BCUT2D eigenvalue weighted by atomic mass is 32.2. The lowest BCUT2D eigenvalue weighted by Gasteiger charge is -2.10. The molecule has 1 N–H and O–H groups in total. The first-order valence-electron chi connectivity index (χ1n) is 7.01. The van der Waals surface area contributed by atoms with Crippen LogP contribution in [0.15, 0.2) is 52.9 Å². The van der Waals surface area contributed by atoms with Gasteiger partial charge in [0.2, 0.25) is 0 Å². The average Bonchev–Trinajstić information content (AvgIpc) is 3.04. The highest BCUT2D eigenvalue weighted by molar-refractivity contribution is 7.99. The Hall–Kier alpha value is -2.36. The lowest BCUT2D eigenvalue weighted by atomic mass is 10.2. The van der Waals surface area contributed by atoms with Crippen molar-refractivity contribution in [3.05, 3.63) is 53.5 Å². The molecule has 0 atom stereocenters. The second kappa shape index (κ2) is 7.27. The standard InChI is InChI=1S/C17H13N3OS2/c18-8-3-9-22-15-5-2-1-4-14(15)20-17(21)12-6-7-13-16(10-12)23-11-19-13/h1-2,4-7,10-11H,3,9H2,(H,20,21). The SMILES string of the molecule is N#CCCSc1ccccc1NC(=O)c1ccc2ncsc2c1. The molecule has 0 radical (unpaired) electrons. The number of carbonyl (C=O) groups is 1. The highest BCUT2D eigenvalue weighted by Gasteiger charge is 2.10. The summed E-state index contributed by atoms with van der Waals surface area (Å²) in [7, 11) is 0. The van der Waals surface area contributed by atoms with Gasteiger partial charge in [-0.05, 0) is 30.3 Å². The predicted octanol–water partition coefficient (Wildman–Crippen LogP) is 4.55. The number of amides is 1. The van der Waals surface area contributed by atoms with Crippen LogP contribution in [0.2, 0.25) is 0 Å². The first-order chi connectivity index (χ1) is 11.3. The topological polar surface area (TPSA) is 65.8 Å². The lowest BCUT2D eigenvalue weighted by molar-refractivity contribution is 0.102. The molecule has 0 bridgehead atoms. The van der Waals surface area contributed by atoms with Crippen LogP contribution < -0.4 is 5.32 Å². The molecule has 0 unspecified atom stereocenters. The Morgan fingerprint density at radius 3 is 3.04 bits per heavy atom. The maximum absolute atomic E-state index is 12.5. The number of hydrogen-bond acceptors (Lipinski definition) is 5. The minimum Gasteiger partial charge on any atom is -0.321 e. The van der Waals surface area contributed by atoms with Gasteiger partial charge < -0.3 is 5.32 Å². The molecule has 0 aliphatic heterocycles. The van der Waals surface area contributed by atoms with E-state index in [0.29, 0.717) is 17.7 Å². The smallest absolute Gasteiger partial charge is 0.255 e. The normalized spacial score (nSPS) is 10.4. The molecule has 0 aliphatic carbocycles. The summed E-state index contributed by atoms with van der Waals surface area (Å²) in [5.74, 6) is 0.560. The Morgan fingerprint density at radius 1 is 1.30 bits per heavy atom. The fourth-order valence-electron chi connectivity index (χ4n) is 2.09. The zero-order valence-electron chi connectivity index (χ0n) is 12.2. The van der Waals surface area contributed by atoms with Crippen LogP contribution >= 0.6 is 23.1 Å². The van der Waals surface area contributed by atoms with Gasteiger partial charge in [0.1, 0.15) is 0 Å². The Balaban J connectivity index is 1.78. The Labute approximate surface area is 142 Å². The number of anilines is 1. The Kier molecular flexibility index (Phi) is 4.91. The number of nitriles is 1. The molecule has 1 aromatic heterocycles. The zero-order valence-corrected chi connectivity index (χ0v) is 13.8. The molecule has 4 nitrogen and oxygen atoms in total. The van der Waals surface area contributed by atoms with Crippen LogP contribution in [0.1, 0.15) is 16.8 Å². The summed E-state index contributed by atoms with van der Waals surface area (Å²) < 4.78 is 0.995.